The standard InChI is InChI=1S/C12H12N6O3S/c13-11-14-12(16-15-11)22-9-4-5-17(10(9)19)7-2-1-3-8(6-7)18(20)21/h1-3,6,9H,4-5H2,(H3,13,14,15,16)/t9-/m1/s1. The number of aromatic nitrogens is 3. The number of hydrogen-bond donors (Lipinski definition) is 2. The normalized spacial score (nSPS) is 17.9. The van der Waals surface area contributed by atoms with Gasteiger partial charge < -0.3 is 10.6 Å². The van der Waals surface area contributed by atoms with Gasteiger partial charge in [0.1, 0.15) is 0 Å². The molecule has 2 heterocycles. The summed E-state index contributed by atoms with van der Waals surface area (Å²) in [6.45, 7) is 0.498. The monoisotopic (exact) mass is 320 g/mol. The molecule has 1 saturated heterocycles. The van der Waals surface area contributed by atoms with Gasteiger partial charge in [-0.15, -0.1) is 5.10 Å². The molecule has 0 bridgehead atoms. The Bertz CT molecular complexity index is 733. The zero-order chi connectivity index (χ0) is 15.7. The van der Waals surface area contributed by atoms with Gasteiger partial charge in [-0.05, 0) is 12.5 Å². The van der Waals surface area contributed by atoms with Gasteiger partial charge in [0.2, 0.25) is 17.0 Å². The zero-order valence-corrected chi connectivity index (χ0v) is 12.1. The first-order chi connectivity index (χ1) is 10.5. The number of hydrogen-bond acceptors (Lipinski definition) is 7. The summed E-state index contributed by atoms with van der Waals surface area (Å²) < 4.78 is 0. The summed E-state index contributed by atoms with van der Waals surface area (Å²) in [5.41, 5.74) is 5.94. The van der Waals surface area contributed by atoms with Crippen molar-refractivity contribution < 1.29 is 9.72 Å². The lowest BCUT2D eigenvalue weighted by Crippen LogP contribution is -2.28. The Labute approximate surface area is 129 Å². The average molecular weight is 320 g/mol. The number of benzene rings is 1. The molecule has 1 amide bonds. The van der Waals surface area contributed by atoms with Crippen molar-refractivity contribution in [2.45, 2.75) is 16.8 Å². The summed E-state index contributed by atoms with van der Waals surface area (Å²) in [6, 6.07) is 6.04. The molecular formula is C12H12N6O3S. The number of aromatic amines is 1. The van der Waals surface area contributed by atoms with E-state index in [2.05, 4.69) is 15.2 Å². The van der Waals surface area contributed by atoms with Crippen LogP contribution in [0.2, 0.25) is 0 Å². The summed E-state index contributed by atoms with van der Waals surface area (Å²) >= 11 is 1.23. The highest BCUT2D eigenvalue weighted by Gasteiger charge is 2.34. The molecule has 3 rings (SSSR count). The number of anilines is 2. The maximum atomic E-state index is 12.4. The number of rotatable bonds is 4. The van der Waals surface area contributed by atoms with E-state index < -0.39 is 4.92 Å². The highest BCUT2D eigenvalue weighted by molar-refractivity contribution is 8.00. The van der Waals surface area contributed by atoms with Crippen LogP contribution < -0.4 is 10.6 Å². The molecule has 2 aromatic rings. The van der Waals surface area contributed by atoms with Crippen molar-refractivity contribution in [3.8, 4) is 0 Å². The number of nitrogens with zero attached hydrogens (tertiary/aromatic N) is 4. The van der Waals surface area contributed by atoms with Crippen molar-refractivity contribution in [1.82, 2.24) is 15.2 Å². The molecule has 1 atom stereocenters. The van der Waals surface area contributed by atoms with Crippen LogP contribution in [0.5, 0.6) is 0 Å². The predicted octanol–water partition coefficient (Wildman–Crippen LogP) is 1.19. The highest BCUT2D eigenvalue weighted by Crippen LogP contribution is 2.32. The van der Waals surface area contributed by atoms with E-state index in [-0.39, 0.29) is 22.8 Å². The number of nitro groups is 1. The maximum Gasteiger partial charge on any atom is 0.271 e. The lowest BCUT2D eigenvalue weighted by Gasteiger charge is -2.16. The Morgan fingerprint density at radius 3 is 3.00 bits per heavy atom. The van der Waals surface area contributed by atoms with Crippen LogP contribution in [0, 0.1) is 10.1 Å². The van der Waals surface area contributed by atoms with Crippen molar-refractivity contribution in [2.75, 3.05) is 17.2 Å². The van der Waals surface area contributed by atoms with E-state index >= 15 is 0 Å². The molecule has 0 unspecified atom stereocenters. The van der Waals surface area contributed by atoms with Gasteiger partial charge >= 0.3 is 0 Å². The molecular weight excluding hydrogens is 308 g/mol. The Hall–Kier alpha value is -2.62. The SMILES string of the molecule is Nc1nc(S[C@@H]2CCN(c3cccc([N+](=O)[O-])c3)C2=O)n[nH]1. The third kappa shape index (κ3) is 2.72. The molecule has 0 aliphatic carbocycles. The van der Waals surface area contributed by atoms with Crippen molar-refractivity contribution in [2.24, 2.45) is 0 Å². The minimum absolute atomic E-state index is 0.0388. The molecule has 10 heteroatoms. The van der Waals surface area contributed by atoms with Crippen LogP contribution in [0.3, 0.4) is 0 Å². The van der Waals surface area contributed by atoms with Gasteiger partial charge in [-0.3, -0.25) is 14.9 Å². The molecule has 0 spiro atoms. The Balaban J connectivity index is 1.76. The summed E-state index contributed by atoms with van der Waals surface area (Å²) in [7, 11) is 0. The fourth-order valence-corrected chi connectivity index (χ4v) is 3.19. The first kappa shape index (κ1) is 14.3. The Kier molecular flexibility index (Phi) is 3.67. The van der Waals surface area contributed by atoms with Crippen LogP contribution >= 0.6 is 11.8 Å². The molecule has 22 heavy (non-hydrogen) atoms. The van der Waals surface area contributed by atoms with Crippen molar-refractivity contribution in [1.29, 1.82) is 0 Å². The van der Waals surface area contributed by atoms with Crippen molar-refractivity contribution >= 4 is 35.0 Å². The molecule has 0 radical (unpaired) electrons. The zero-order valence-electron chi connectivity index (χ0n) is 11.3. The summed E-state index contributed by atoms with van der Waals surface area (Å²) in [4.78, 5) is 28.3. The summed E-state index contributed by atoms with van der Waals surface area (Å²) in [5, 5.41) is 17.3. The second kappa shape index (κ2) is 5.64. The van der Waals surface area contributed by atoms with Crippen LogP contribution in [-0.4, -0.2) is 37.8 Å². The van der Waals surface area contributed by atoms with Gasteiger partial charge in [-0.25, -0.2) is 5.10 Å². The third-order valence-corrected chi connectivity index (χ3v) is 4.35. The molecule has 0 saturated carbocycles. The maximum absolute atomic E-state index is 12.4. The first-order valence-electron chi connectivity index (χ1n) is 6.45. The molecule has 3 N–H and O–H groups in total. The fourth-order valence-electron chi connectivity index (χ4n) is 2.23. The van der Waals surface area contributed by atoms with Gasteiger partial charge in [0.15, 0.2) is 0 Å². The molecule has 1 fully saturated rings. The van der Waals surface area contributed by atoms with Crippen LogP contribution in [0.1, 0.15) is 6.42 Å². The number of amides is 1. The topological polar surface area (TPSA) is 131 Å². The van der Waals surface area contributed by atoms with Gasteiger partial charge in [0, 0.05) is 18.7 Å². The van der Waals surface area contributed by atoms with E-state index in [1.165, 1.54) is 23.9 Å². The number of thioether (sulfide) groups is 1. The van der Waals surface area contributed by atoms with E-state index in [1.54, 1.807) is 17.0 Å². The second-order valence-electron chi connectivity index (χ2n) is 4.67. The van der Waals surface area contributed by atoms with E-state index in [1.807, 2.05) is 0 Å². The largest absolute Gasteiger partial charge is 0.368 e. The third-order valence-electron chi connectivity index (χ3n) is 3.24. The lowest BCUT2D eigenvalue weighted by atomic mass is 10.2. The van der Waals surface area contributed by atoms with Crippen molar-refractivity contribution in [3.63, 3.8) is 0 Å². The number of carbonyl (C=O) groups excluding carboxylic acids is 1. The van der Waals surface area contributed by atoms with E-state index in [4.69, 9.17) is 5.73 Å². The number of nitrogens with one attached hydrogen (secondary N) is 1. The number of H-pyrrole nitrogens is 1. The highest BCUT2D eigenvalue weighted by atomic mass is 32.2. The summed E-state index contributed by atoms with van der Waals surface area (Å²) in [5.74, 6) is 0.0809. The number of nitrogens with two attached hydrogens (primary N) is 1. The fraction of sp³-hybridized carbons (Fsp3) is 0.250. The van der Waals surface area contributed by atoms with Gasteiger partial charge in [0.25, 0.3) is 5.69 Å². The van der Waals surface area contributed by atoms with E-state index in [0.29, 0.717) is 23.8 Å². The molecule has 1 aromatic heterocycles. The van der Waals surface area contributed by atoms with Crippen molar-refractivity contribution in [3.05, 3.63) is 34.4 Å². The quantitative estimate of drug-likeness (QED) is 0.639. The minimum Gasteiger partial charge on any atom is -0.368 e. The Morgan fingerprint density at radius 2 is 2.32 bits per heavy atom. The average Bonchev–Trinajstić information content (AvgIpc) is 3.06. The van der Waals surface area contributed by atoms with Gasteiger partial charge in [0.05, 0.1) is 15.9 Å². The first-order valence-corrected chi connectivity index (χ1v) is 7.33. The van der Waals surface area contributed by atoms with E-state index in [9.17, 15) is 14.9 Å². The van der Waals surface area contributed by atoms with Gasteiger partial charge in [-0.2, -0.15) is 4.98 Å². The van der Waals surface area contributed by atoms with Crippen LogP contribution in [0.15, 0.2) is 29.4 Å². The number of carbonyl (C=O) groups is 1. The number of nitrogen functional groups attached to an aromatic ring is 1. The van der Waals surface area contributed by atoms with Crippen LogP contribution in [0.25, 0.3) is 0 Å². The minimum atomic E-state index is -0.479. The predicted molar refractivity (Wildman–Crippen MR) is 80.5 cm³/mol. The molecule has 1 aliphatic heterocycles. The lowest BCUT2D eigenvalue weighted by molar-refractivity contribution is -0.384. The van der Waals surface area contributed by atoms with Gasteiger partial charge in [-0.1, -0.05) is 17.8 Å². The molecule has 114 valence electrons. The number of non-ortho nitro benzene ring substituents is 1. The van der Waals surface area contributed by atoms with Crippen LogP contribution in [0.4, 0.5) is 17.3 Å². The molecule has 9 nitrogen and oxygen atoms in total. The van der Waals surface area contributed by atoms with E-state index in [0.717, 1.165) is 0 Å². The smallest absolute Gasteiger partial charge is 0.271 e. The summed E-state index contributed by atoms with van der Waals surface area (Å²) in [6.07, 6.45) is 0.612. The second-order valence-corrected chi connectivity index (χ2v) is 5.84. The van der Waals surface area contributed by atoms with Crippen LogP contribution in [-0.2, 0) is 4.79 Å². The molecule has 1 aliphatic rings. The number of nitro benzene ring substituents is 1. The molecule has 1 aromatic carbocycles. The Morgan fingerprint density at radius 1 is 1.50 bits per heavy atom.